The summed E-state index contributed by atoms with van der Waals surface area (Å²) in [5, 5.41) is 20.7. The van der Waals surface area contributed by atoms with E-state index in [1.54, 1.807) is 12.1 Å². The Kier molecular flexibility index (Phi) is 6.01. The van der Waals surface area contributed by atoms with Gasteiger partial charge in [0.1, 0.15) is 0 Å². The Hall–Kier alpha value is -1.50. The second-order valence-electron chi connectivity index (χ2n) is 11.3. The van der Waals surface area contributed by atoms with Crippen LogP contribution in [0.1, 0.15) is 44.1 Å². The molecule has 186 valence electrons. The van der Waals surface area contributed by atoms with Crippen LogP contribution in [0.25, 0.3) is 0 Å². The van der Waals surface area contributed by atoms with Gasteiger partial charge in [0.05, 0.1) is 22.2 Å². The topological polar surface area (TPSA) is 55.8 Å². The molecule has 0 radical (unpaired) electrons. The minimum atomic E-state index is -0.605. The van der Waals surface area contributed by atoms with Crippen molar-refractivity contribution >= 4 is 46.4 Å². The van der Waals surface area contributed by atoms with E-state index in [9.17, 15) is 9.90 Å². The Morgan fingerprint density at radius 3 is 2.46 bits per heavy atom. The second kappa shape index (κ2) is 8.81. The van der Waals surface area contributed by atoms with Gasteiger partial charge in [0.2, 0.25) is 5.91 Å². The van der Waals surface area contributed by atoms with E-state index < -0.39 is 5.60 Å². The Bertz CT molecular complexity index is 1140. The third-order valence-corrected chi connectivity index (χ3v) is 9.19. The van der Waals surface area contributed by atoms with Crippen molar-refractivity contribution in [3.8, 4) is 0 Å². The largest absolute Gasteiger partial charge is 0.390 e. The van der Waals surface area contributed by atoms with Gasteiger partial charge in [-0.15, -0.1) is 0 Å². The van der Waals surface area contributed by atoms with Crippen molar-refractivity contribution in [2.45, 2.75) is 56.2 Å². The number of rotatable bonds is 5. The van der Waals surface area contributed by atoms with Crippen LogP contribution < -0.4 is 10.3 Å². The highest BCUT2D eigenvalue weighted by atomic mass is 35.5. The molecule has 5 fully saturated rings. The summed E-state index contributed by atoms with van der Waals surface area (Å²) in [6, 6.07) is 13.2. The van der Waals surface area contributed by atoms with Crippen LogP contribution in [-0.2, 0) is 11.3 Å². The first-order valence-corrected chi connectivity index (χ1v) is 13.6. The molecule has 7 rings (SSSR count). The molecule has 3 atom stereocenters. The van der Waals surface area contributed by atoms with Gasteiger partial charge in [-0.1, -0.05) is 46.9 Å². The molecule has 4 saturated carbocycles. The first-order valence-electron chi connectivity index (χ1n) is 12.5. The molecule has 2 N–H and O–H groups in total. The molecule has 0 aromatic heterocycles. The number of hydrogen-bond donors (Lipinski definition) is 2. The first-order chi connectivity index (χ1) is 16.7. The molecule has 35 heavy (non-hydrogen) atoms. The van der Waals surface area contributed by atoms with Crippen LogP contribution in [0.4, 0.5) is 5.69 Å². The summed E-state index contributed by atoms with van der Waals surface area (Å²) in [5.41, 5.74) is 0.978. The van der Waals surface area contributed by atoms with E-state index in [1.165, 1.54) is 6.42 Å². The van der Waals surface area contributed by atoms with E-state index in [4.69, 9.17) is 34.8 Å². The number of carbonyl (C=O) groups is 1. The number of anilines is 1. The SMILES string of the molecule is O=C(NC12CC3CC(CC(O)(C3)C1)C2)C1CN(Cc2cccc(Cl)c2)N(c2cc(Cl)ccc2Cl)C1. The Balaban J connectivity index is 1.24. The summed E-state index contributed by atoms with van der Waals surface area (Å²) < 4.78 is 0. The van der Waals surface area contributed by atoms with Gasteiger partial charge in [0.25, 0.3) is 0 Å². The van der Waals surface area contributed by atoms with E-state index in [2.05, 4.69) is 15.3 Å². The molecule has 5 aliphatic rings. The highest BCUT2D eigenvalue weighted by molar-refractivity contribution is 6.35. The summed E-state index contributed by atoms with van der Waals surface area (Å²) in [4.78, 5) is 13.7. The van der Waals surface area contributed by atoms with Gasteiger partial charge in [-0.05, 0) is 86.3 Å². The van der Waals surface area contributed by atoms with Gasteiger partial charge in [0.15, 0.2) is 0 Å². The number of amides is 1. The van der Waals surface area contributed by atoms with E-state index in [1.807, 2.05) is 30.3 Å². The number of halogens is 3. The smallest absolute Gasteiger partial charge is 0.226 e. The lowest BCUT2D eigenvalue weighted by atomic mass is 9.51. The van der Waals surface area contributed by atoms with Crippen molar-refractivity contribution in [2.75, 3.05) is 18.1 Å². The predicted octanol–water partition coefficient (Wildman–Crippen LogP) is 5.70. The van der Waals surface area contributed by atoms with Crippen molar-refractivity contribution in [3.63, 3.8) is 0 Å². The number of nitrogens with one attached hydrogen (secondary N) is 1. The first kappa shape index (κ1) is 23.9. The van der Waals surface area contributed by atoms with Crippen LogP contribution in [0.15, 0.2) is 42.5 Å². The molecule has 2 aromatic rings. The van der Waals surface area contributed by atoms with Crippen LogP contribution in [-0.4, -0.2) is 40.3 Å². The van der Waals surface area contributed by atoms with E-state index >= 15 is 0 Å². The summed E-state index contributed by atoms with van der Waals surface area (Å²) >= 11 is 19.1. The maximum atomic E-state index is 13.7. The summed E-state index contributed by atoms with van der Waals surface area (Å²) in [6.07, 6.45) is 5.62. The average Bonchev–Trinajstić information content (AvgIpc) is 3.17. The molecule has 8 heteroatoms. The van der Waals surface area contributed by atoms with Crippen LogP contribution >= 0.6 is 34.8 Å². The quantitative estimate of drug-likeness (QED) is 0.517. The number of carbonyl (C=O) groups excluding carboxylic acids is 1. The third kappa shape index (κ3) is 4.67. The fraction of sp³-hybridized carbons (Fsp3) is 0.519. The molecule has 4 bridgehead atoms. The van der Waals surface area contributed by atoms with Crippen molar-refractivity contribution in [1.82, 2.24) is 10.3 Å². The monoisotopic (exact) mass is 533 g/mol. The molecule has 4 aliphatic carbocycles. The highest BCUT2D eigenvalue weighted by Crippen LogP contribution is 2.57. The zero-order valence-corrected chi connectivity index (χ0v) is 21.8. The zero-order chi connectivity index (χ0) is 24.4. The fourth-order valence-electron chi connectivity index (χ4n) is 7.55. The van der Waals surface area contributed by atoms with E-state index in [-0.39, 0.29) is 17.4 Å². The fourth-order valence-corrected chi connectivity index (χ4v) is 8.15. The number of nitrogens with zero attached hydrogens (tertiary/aromatic N) is 2. The van der Waals surface area contributed by atoms with Crippen molar-refractivity contribution in [2.24, 2.45) is 17.8 Å². The van der Waals surface area contributed by atoms with Gasteiger partial charge in [0, 0.05) is 35.2 Å². The maximum absolute atomic E-state index is 13.7. The van der Waals surface area contributed by atoms with Crippen LogP contribution in [0.3, 0.4) is 0 Å². The molecule has 1 aliphatic heterocycles. The van der Waals surface area contributed by atoms with Crippen molar-refractivity contribution in [3.05, 3.63) is 63.1 Å². The predicted molar refractivity (Wildman–Crippen MR) is 140 cm³/mol. The van der Waals surface area contributed by atoms with E-state index in [0.717, 1.165) is 36.9 Å². The second-order valence-corrected chi connectivity index (χ2v) is 12.6. The number of aliphatic hydroxyl groups is 1. The zero-order valence-electron chi connectivity index (χ0n) is 19.5. The van der Waals surface area contributed by atoms with Gasteiger partial charge >= 0.3 is 0 Å². The molecule has 1 saturated heterocycles. The number of hydrazine groups is 1. The maximum Gasteiger partial charge on any atom is 0.226 e. The van der Waals surface area contributed by atoms with Gasteiger partial charge in [-0.3, -0.25) is 4.79 Å². The lowest BCUT2D eigenvalue weighted by Crippen LogP contribution is -2.66. The lowest BCUT2D eigenvalue weighted by Gasteiger charge is -2.60. The summed E-state index contributed by atoms with van der Waals surface area (Å²) in [5.74, 6) is 0.872. The standard InChI is InChI=1S/C27H30Cl3N3O2/c28-21-3-1-2-17(7-21)13-32-14-20(15-33(32)24-8-22(29)4-5-23(24)30)25(34)31-26-9-18-6-19(10-26)12-27(35,11-18)16-26/h1-5,7-8,18-20,35H,6,9-16H2,(H,31,34). The summed E-state index contributed by atoms with van der Waals surface area (Å²) in [6.45, 7) is 1.68. The Morgan fingerprint density at radius 2 is 1.74 bits per heavy atom. The number of hydrogen-bond acceptors (Lipinski definition) is 4. The Labute approximate surface area is 221 Å². The average molecular weight is 535 g/mol. The molecule has 1 heterocycles. The number of benzene rings is 2. The highest BCUT2D eigenvalue weighted by Gasteiger charge is 2.58. The molecular formula is C27H30Cl3N3O2. The van der Waals surface area contributed by atoms with Crippen molar-refractivity contribution < 1.29 is 9.90 Å². The van der Waals surface area contributed by atoms with Crippen molar-refractivity contribution in [1.29, 1.82) is 0 Å². The van der Waals surface area contributed by atoms with Gasteiger partial charge < -0.3 is 15.4 Å². The van der Waals surface area contributed by atoms with Crippen LogP contribution in [0.5, 0.6) is 0 Å². The molecule has 5 nitrogen and oxygen atoms in total. The van der Waals surface area contributed by atoms with Gasteiger partial charge in [-0.25, -0.2) is 5.01 Å². The summed E-state index contributed by atoms with van der Waals surface area (Å²) in [7, 11) is 0. The molecule has 1 amide bonds. The minimum absolute atomic E-state index is 0.0623. The van der Waals surface area contributed by atoms with Gasteiger partial charge in [-0.2, -0.15) is 0 Å². The molecule has 0 spiro atoms. The molecule has 3 unspecified atom stereocenters. The van der Waals surface area contributed by atoms with Crippen LogP contribution in [0, 0.1) is 17.8 Å². The Morgan fingerprint density at radius 1 is 1.00 bits per heavy atom. The molecular weight excluding hydrogens is 505 g/mol. The van der Waals surface area contributed by atoms with E-state index in [0.29, 0.717) is 53.0 Å². The lowest BCUT2D eigenvalue weighted by molar-refractivity contribution is -0.152. The third-order valence-electron chi connectivity index (χ3n) is 8.40. The van der Waals surface area contributed by atoms with Crippen LogP contribution in [0.2, 0.25) is 15.1 Å². The normalized spacial score (nSPS) is 33.9. The molecule has 2 aromatic carbocycles. The minimum Gasteiger partial charge on any atom is -0.390 e.